The molecule has 5 nitrogen and oxygen atoms in total. The molecule has 1 aliphatic heterocycles. The lowest BCUT2D eigenvalue weighted by Gasteiger charge is -2.37. The van der Waals surface area contributed by atoms with Crippen LogP contribution in [0.5, 0.6) is 0 Å². The zero-order valence-corrected chi connectivity index (χ0v) is 16.3. The van der Waals surface area contributed by atoms with Crippen LogP contribution < -0.4 is 0 Å². The van der Waals surface area contributed by atoms with E-state index in [4.69, 9.17) is 0 Å². The maximum atomic E-state index is 13.6. The molecule has 7 heteroatoms. The third-order valence-electron chi connectivity index (χ3n) is 4.65. The van der Waals surface area contributed by atoms with Gasteiger partial charge in [0.05, 0.1) is 10.7 Å². The largest absolute Gasteiger partial charge is 0.338 e. The van der Waals surface area contributed by atoms with E-state index in [2.05, 4.69) is 15.3 Å². The van der Waals surface area contributed by atoms with Crippen molar-refractivity contribution in [2.45, 2.75) is 19.5 Å². The van der Waals surface area contributed by atoms with E-state index in [0.29, 0.717) is 18.7 Å². The fourth-order valence-electron chi connectivity index (χ4n) is 3.35. The van der Waals surface area contributed by atoms with E-state index in [9.17, 15) is 9.18 Å². The van der Waals surface area contributed by atoms with Gasteiger partial charge in [-0.3, -0.25) is 14.6 Å². The summed E-state index contributed by atoms with van der Waals surface area (Å²) in [5, 5.41) is 3.18. The lowest BCUT2D eigenvalue weighted by molar-refractivity contribution is -0.138. The number of likely N-dealkylation sites (N-methyl/N-ethyl adjacent to an activating group) is 1. The number of nitrogens with zero attached hydrogens (tertiary/aromatic N) is 4. The van der Waals surface area contributed by atoms with Crippen LogP contribution in [0.1, 0.15) is 22.3 Å². The molecule has 0 aliphatic carbocycles. The molecule has 1 aromatic heterocycles. The first-order valence-corrected chi connectivity index (χ1v) is 9.66. The second kappa shape index (κ2) is 8.24. The van der Waals surface area contributed by atoms with Crippen molar-refractivity contribution in [3.8, 4) is 0 Å². The van der Waals surface area contributed by atoms with Gasteiger partial charge in [0.1, 0.15) is 11.9 Å². The Morgan fingerprint density at radius 3 is 2.62 bits per heavy atom. The van der Waals surface area contributed by atoms with Gasteiger partial charge in [0, 0.05) is 38.1 Å². The summed E-state index contributed by atoms with van der Waals surface area (Å²) >= 11 is 1.67. The molecule has 0 spiro atoms. The topological polar surface area (TPSA) is 39.7 Å². The van der Waals surface area contributed by atoms with Crippen molar-refractivity contribution in [1.82, 2.24) is 19.7 Å². The maximum Gasteiger partial charge on any atom is 0.244 e. The Bertz CT molecular complexity index is 756. The molecule has 140 valence electrons. The van der Waals surface area contributed by atoms with Crippen LogP contribution in [0.4, 0.5) is 4.39 Å². The predicted molar refractivity (Wildman–Crippen MR) is 102 cm³/mol. The highest BCUT2D eigenvalue weighted by atomic mass is 32.1. The summed E-state index contributed by atoms with van der Waals surface area (Å²) in [6.45, 7) is 5.85. The normalized spacial score (nSPS) is 16.9. The van der Waals surface area contributed by atoms with Crippen molar-refractivity contribution < 1.29 is 9.18 Å². The fraction of sp³-hybridized carbons (Fsp3) is 0.474. The van der Waals surface area contributed by atoms with Crippen LogP contribution in [-0.4, -0.2) is 65.9 Å². The summed E-state index contributed by atoms with van der Waals surface area (Å²) in [5.41, 5.74) is 1.79. The number of carbonyl (C=O) groups is 1. The molecule has 0 N–H and O–H groups in total. The van der Waals surface area contributed by atoms with Gasteiger partial charge in [0.2, 0.25) is 5.91 Å². The second-order valence-electron chi connectivity index (χ2n) is 6.88. The lowest BCUT2D eigenvalue weighted by Crippen LogP contribution is -2.51. The average Bonchev–Trinajstić information content (AvgIpc) is 3.00. The SMILES string of the molecule is Cc1nc(CN2CCN(C(=O)[C@H](c3cccc(F)c3)N(C)C)CC2)cs1. The van der Waals surface area contributed by atoms with Crippen LogP contribution in [0.2, 0.25) is 0 Å². The zero-order chi connectivity index (χ0) is 18.7. The number of rotatable bonds is 5. The molecule has 26 heavy (non-hydrogen) atoms. The van der Waals surface area contributed by atoms with Crippen molar-refractivity contribution >= 4 is 17.2 Å². The Balaban J connectivity index is 1.62. The Morgan fingerprint density at radius 2 is 2.04 bits per heavy atom. The van der Waals surface area contributed by atoms with Gasteiger partial charge in [-0.1, -0.05) is 12.1 Å². The predicted octanol–water partition coefficient (Wildman–Crippen LogP) is 2.54. The molecule has 0 unspecified atom stereocenters. The molecule has 1 amide bonds. The van der Waals surface area contributed by atoms with Gasteiger partial charge in [0.15, 0.2) is 0 Å². The summed E-state index contributed by atoms with van der Waals surface area (Å²) < 4.78 is 13.6. The van der Waals surface area contributed by atoms with Gasteiger partial charge in [-0.2, -0.15) is 0 Å². The first-order chi connectivity index (χ1) is 12.4. The zero-order valence-electron chi connectivity index (χ0n) is 15.5. The van der Waals surface area contributed by atoms with Crippen molar-refractivity contribution in [2.24, 2.45) is 0 Å². The second-order valence-corrected chi connectivity index (χ2v) is 7.94. The highest BCUT2D eigenvalue weighted by Crippen LogP contribution is 2.23. The summed E-state index contributed by atoms with van der Waals surface area (Å²) in [7, 11) is 3.71. The molecule has 1 atom stereocenters. The number of thiazole rings is 1. The van der Waals surface area contributed by atoms with E-state index in [-0.39, 0.29) is 11.7 Å². The van der Waals surface area contributed by atoms with Gasteiger partial charge >= 0.3 is 0 Å². The molecule has 1 saturated heterocycles. The van der Waals surface area contributed by atoms with Gasteiger partial charge in [-0.25, -0.2) is 9.37 Å². The molecule has 3 rings (SSSR count). The number of benzene rings is 1. The van der Waals surface area contributed by atoms with Crippen molar-refractivity contribution in [2.75, 3.05) is 40.3 Å². The van der Waals surface area contributed by atoms with E-state index >= 15 is 0 Å². The van der Waals surface area contributed by atoms with E-state index in [1.807, 2.05) is 36.9 Å². The lowest BCUT2D eigenvalue weighted by atomic mass is 10.0. The van der Waals surface area contributed by atoms with Gasteiger partial charge < -0.3 is 4.90 Å². The van der Waals surface area contributed by atoms with Crippen LogP contribution >= 0.6 is 11.3 Å². The molecule has 0 radical (unpaired) electrons. The molecule has 1 aliphatic rings. The Hall–Kier alpha value is -1.83. The summed E-state index contributed by atoms with van der Waals surface area (Å²) in [5.74, 6) is -0.282. The highest BCUT2D eigenvalue weighted by Gasteiger charge is 2.30. The quantitative estimate of drug-likeness (QED) is 0.804. The fourth-order valence-corrected chi connectivity index (χ4v) is 3.95. The van der Waals surface area contributed by atoms with E-state index < -0.39 is 6.04 Å². The Kier molecular flexibility index (Phi) is 6.01. The van der Waals surface area contributed by atoms with E-state index in [0.717, 1.165) is 30.3 Å². The van der Waals surface area contributed by atoms with Crippen molar-refractivity contribution in [3.63, 3.8) is 0 Å². The van der Waals surface area contributed by atoms with Crippen LogP contribution in [0.25, 0.3) is 0 Å². The number of hydrogen-bond donors (Lipinski definition) is 0. The number of piperazine rings is 1. The molecule has 1 aromatic carbocycles. The monoisotopic (exact) mass is 376 g/mol. The minimum Gasteiger partial charge on any atom is -0.338 e. The standard InChI is InChI=1S/C19H25FN4OS/c1-14-21-17(13-26-14)12-23-7-9-24(10-8-23)19(25)18(22(2)3)15-5-4-6-16(20)11-15/h4-6,11,13,18H,7-10,12H2,1-3H3/t18-/m0/s1. The molecule has 1 fully saturated rings. The highest BCUT2D eigenvalue weighted by molar-refractivity contribution is 7.09. The average molecular weight is 377 g/mol. The Labute approximate surface area is 158 Å². The summed E-state index contributed by atoms with van der Waals surface area (Å²) in [6.07, 6.45) is 0. The van der Waals surface area contributed by atoms with Crippen molar-refractivity contribution in [3.05, 3.63) is 51.7 Å². The third-order valence-corrected chi connectivity index (χ3v) is 5.47. The minimum absolute atomic E-state index is 0.0322. The minimum atomic E-state index is -0.460. The molecular formula is C19H25FN4OS. The maximum absolute atomic E-state index is 13.6. The first kappa shape index (κ1) is 18.9. The van der Waals surface area contributed by atoms with Gasteiger partial charge in [0.25, 0.3) is 0 Å². The molecule has 2 aromatic rings. The smallest absolute Gasteiger partial charge is 0.244 e. The number of aryl methyl sites for hydroxylation is 1. The molecule has 2 heterocycles. The summed E-state index contributed by atoms with van der Waals surface area (Å²) in [6, 6.07) is 5.86. The number of carbonyl (C=O) groups excluding carboxylic acids is 1. The Morgan fingerprint density at radius 1 is 1.31 bits per heavy atom. The molecule has 0 bridgehead atoms. The van der Waals surface area contributed by atoms with Crippen molar-refractivity contribution in [1.29, 1.82) is 0 Å². The van der Waals surface area contributed by atoms with Crippen LogP contribution in [0.15, 0.2) is 29.6 Å². The molecule has 0 saturated carbocycles. The first-order valence-electron chi connectivity index (χ1n) is 8.78. The number of amides is 1. The van der Waals surface area contributed by atoms with Gasteiger partial charge in [-0.15, -0.1) is 11.3 Å². The number of aromatic nitrogens is 1. The van der Waals surface area contributed by atoms with Gasteiger partial charge in [-0.05, 0) is 38.7 Å². The van der Waals surface area contributed by atoms with E-state index in [1.165, 1.54) is 12.1 Å². The van der Waals surface area contributed by atoms with Crippen LogP contribution in [-0.2, 0) is 11.3 Å². The van der Waals surface area contributed by atoms with Crippen LogP contribution in [0, 0.1) is 12.7 Å². The molecular weight excluding hydrogens is 351 g/mol. The number of hydrogen-bond acceptors (Lipinski definition) is 5. The third kappa shape index (κ3) is 4.47. The number of halogens is 1. The van der Waals surface area contributed by atoms with E-state index in [1.54, 1.807) is 17.4 Å². The van der Waals surface area contributed by atoms with Crippen LogP contribution in [0.3, 0.4) is 0 Å². The summed E-state index contributed by atoms with van der Waals surface area (Å²) in [4.78, 5) is 23.6.